The molecule has 0 saturated carbocycles. The Morgan fingerprint density at radius 1 is 1.10 bits per heavy atom. The van der Waals surface area contributed by atoms with Crippen molar-refractivity contribution < 1.29 is 4.79 Å². The lowest BCUT2D eigenvalue weighted by molar-refractivity contribution is 0.102. The molecule has 1 aromatic heterocycles. The Balaban J connectivity index is 2.32. The van der Waals surface area contributed by atoms with E-state index in [9.17, 15) is 4.79 Å². The van der Waals surface area contributed by atoms with Crippen molar-refractivity contribution in [3.8, 4) is 0 Å². The smallest absolute Gasteiger partial charge is 0.274 e. The number of aromatic nitrogens is 2. The number of hydrogen-bond donors (Lipinski definition) is 1. The lowest BCUT2D eigenvalue weighted by atomic mass is 10.1. The highest BCUT2D eigenvalue weighted by molar-refractivity contribution is 6.34. The highest BCUT2D eigenvalue weighted by atomic mass is 35.5. The highest BCUT2D eigenvalue weighted by Gasteiger charge is 2.13. The number of halogens is 1. The summed E-state index contributed by atoms with van der Waals surface area (Å²) in [6.45, 7) is 7.45. The van der Waals surface area contributed by atoms with E-state index >= 15 is 0 Å². The number of hydrogen-bond acceptors (Lipinski definition) is 3. The topological polar surface area (TPSA) is 54.9 Å². The summed E-state index contributed by atoms with van der Waals surface area (Å²) in [5, 5.41) is 3.34. The third kappa shape index (κ3) is 3.14. The number of nitrogens with one attached hydrogen (secondary N) is 1. The molecule has 1 N–H and O–H groups in total. The molecule has 0 aliphatic rings. The molecule has 4 nitrogen and oxygen atoms in total. The molecule has 0 spiro atoms. The molecule has 1 amide bonds. The Morgan fingerprint density at radius 3 is 2.40 bits per heavy atom. The van der Waals surface area contributed by atoms with E-state index in [0.717, 1.165) is 16.8 Å². The van der Waals surface area contributed by atoms with Gasteiger partial charge in [0.05, 0.1) is 10.7 Å². The van der Waals surface area contributed by atoms with Gasteiger partial charge in [-0.2, -0.15) is 0 Å². The summed E-state index contributed by atoms with van der Waals surface area (Å²) >= 11 is 6.18. The summed E-state index contributed by atoms with van der Waals surface area (Å²) in [6.07, 6.45) is 0. The van der Waals surface area contributed by atoms with Gasteiger partial charge in [-0.1, -0.05) is 17.7 Å². The van der Waals surface area contributed by atoms with Crippen LogP contribution in [0.15, 0.2) is 18.2 Å². The zero-order valence-corrected chi connectivity index (χ0v) is 12.7. The van der Waals surface area contributed by atoms with Crippen LogP contribution in [0.1, 0.15) is 33.1 Å². The SMILES string of the molecule is Cc1cc(C)c(NC(=O)c2cc(C)nc(C)n2)c(Cl)c1. The van der Waals surface area contributed by atoms with Crippen molar-refractivity contribution in [2.75, 3.05) is 5.32 Å². The molecule has 0 aliphatic carbocycles. The van der Waals surface area contributed by atoms with Crippen LogP contribution in [0, 0.1) is 27.7 Å². The second kappa shape index (κ2) is 5.59. The normalized spacial score (nSPS) is 10.4. The van der Waals surface area contributed by atoms with Gasteiger partial charge in [-0.15, -0.1) is 0 Å². The second-order valence-corrected chi connectivity index (χ2v) is 5.24. The highest BCUT2D eigenvalue weighted by Crippen LogP contribution is 2.27. The fourth-order valence-electron chi connectivity index (χ4n) is 2.08. The number of carbonyl (C=O) groups is 1. The average Bonchev–Trinajstić information content (AvgIpc) is 2.32. The predicted molar refractivity (Wildman–Crippen MR) is 80.4 cm³/mol. The van der Waals surface area contributed by atoms with Gasteiger partial charge in [-0.25, -0.2) is 9.97 Å². The van der Waals surface area contributed by atoms with Crippen molar-refractivity contribution in [1.29, 1.82) is 0 Å². The number of anilines is 1. The van der Waals surface area contributed by atoms with Gasteiger partial charge >= 0.3 is 0 Å². The molecule has 0 radical (unpaired) electrons. The van der Waals surface area contributed by atoms with Crippen LogP contribution < -0.4 is 5.32 Å². The maximum atomic E-state index is 12.2. The minimum absolute atomic E-state index is 0.285. The minimum Gasteiger partial charge on any atom is -0.319 e. The maximum absolute atomic E-state index is 12.2. The third-order valence-electron chi connectivity index (χ3n) is 2.87. The van der Waals surface area contributed by atoms with E-state index in [0.29, 0.717) is 22.2 Å². The van der Waals surface area contributed by atoms with Crippen molar-refractivity contribution in [3.05, 3.63) is 51.6 Å². The summed E-state index contributed by atoms with van der Waals surface area (Å²) < 4.78 is 0. The van der Waals surface area contributed by atoms with Crippen LogP contribution >= 0.6 is 11.6 Å². The lowest BCUT2D eigenvalue weighted by Gasteiger charge is -2.11. The van der Waals surface area contributed by atoms with Crippen LogP contribution in [0.4, 0.5) is 5.69 Å². The predicted octanol–water partition coefficient (Wildman–Crippen LogP) is 3.62. The fraction of sp³-hybridized carbons (Fsp3) is 0.267. The summed E-state index contributed by atoms with van der Waals surface area (Å²) in [4.78, 5) is 20.5. The first-order valence-corrected chi connectivity index (χ1v) is 6.65. The Labute approximate surface area is 123 Å². The van der Waals surface area contributed by atoms with Gasteiger partial charge in [0, 0.05) is 5.69 Å². The van der Waals surface area contributed by atoms with E-state index in [-0.39, 0.29) is 5.91 Å². The zero-order chi connectivity index (χ0) is 14.9. The first kappa shape index (κ1) is 14.5. The lowest BCUT2D eigenvalue weighted by Crippen LogP contribution is -2.16. The van der Waals surface area contributed by atoms with E-state index in [1.54, 1.807) is 13.0 Å². The summed E-state index contributed by atoms with van der Waals surface area (Å²) in [5.74, 6) is 0.286. The summed E-state index contributed by atoms with van der Waals surface area (Å²) in [6, 6.07) is 5.44. The van der Waals surface area contributed by atoms with Crippen LogP contribution in [0.5, 0.6) is 0 Å². The number of benzene rings is 1. The van der Waals surface area contributed by atoms with Gasteiger partial charge in [0.2, 0.25) is 0 Å². The van der Waals surface area contributed by atoms with Crippen LogP contribution in [-0.4, -0.2) is 15.9 Å². The number of carbonyl (C=O) groups excluding carboxylic acids is 1. The molecule has 0 unspecified atom stereocenters. The second-order valence-electron chi connectivity index (χ2n) is 4.83. The van der Waals surface area contributed by atoms with Gasteiger partial charge < -0.3 is 5.32 Å². The Kier molecular flexibility index (Phi) is 4.04. The molecule has 2 aromatic rings. The van der Waals surface area contributed by atoms with Crippen LogP contribution in [0.3, 0.4) is 0 Å². The number of aryl methyl sites for hydroxylation is 4. The minimum atomic E-state index is -0.285. The van der Waals surface area contributed by atoms with Crippen LogP contribution in [0.2, 0.25) is 5.02 Å². The van der Waals surface area contributed by atoms with Gasteiger partial charge in [0.1, 0.15) is 11.5 Å². The molecular formula is C15H16ClN3O. The first-order valence-electron chi connectivity index (χ1n) is 6.27. The fourth-order valence-corrected chi connectivity index (χ4v) is 2.45. The molecule has 0 bridgehead atoms. The quantitative estimate of drug-likeness (QED) is 0.919. The number of nitrogens with zero attached hydrogens (tertiary/aromatic N) is 2. The van der Waals surface area contributed by atoms with Crippen LogP contribution in [0.25, 0.3) is 0 Å². The van der Waals surface area contributed by atoms with Crippen molar-refractivity contribution >= 4 is 23.2 Å². The molecule has 104 valence electrons. The summed E-state index contributed by atoms with van der Waals surface area (Å²) in [7, 11) is 0. The van der Waals surface area contributed by atoms with E-state index in [2.05, 4.69) is 15.3 Å². The van der Waals surface area contributed by atoms with Gasteiger partial charge in [0.25, 0.3) is 5.91 Å². The van der Waals surface area contributed by atoms with Gasteiger partial charge in [0.15, 0.2) is 0 Å². The molecule has 0 atom stereocenters. The third-order valence-corrected chi connectivity index (χ3v) is 3.17. The van der Waals surface area contributed by atoms with E-state index in [1.165, 1.54) is 0 Å². The first-order chi connectivity index (χ1) is 9.36. The van der Waals surface area contributed by atoms with Crippen molar-refractivity contribution in [2.45, 2.75) is 27.7 Å². The molecule has 20 heavy (non-hydrogen) atoms. The molecule has 1 aromatic carbocycles. The molecule has 0 aliphatic heterocycles. The number of rotatable bonds is 2. The monoisotopic (exact) mass is 289 g/mol. The molecule has 2 rings (SSSR count). The van der Waals surface area contributed by atoms with E-state index in [1.807, 2.05) is 32.9 Å². The molecule has 1 heterocycles. The van der Waals surface area contributed by atoms with Crippen molar-refractivity contribution in [2.24, 2.45) is 0 Å². The van der Waals surface area contributed by atoms with E-state index < -0.39 is 0 Å². The van der Waals surface area contributed by atoms with Crippen molar-refractivity contribution in [3.63, 3.8) is 0 Å². The maximum Gasteiger partial charge on any atom is 0.274 e. The summed E-state index contributed by atoms with van der Waals surface area (Å²) in [5.41, 5.74) is 3.70. The van der Waals surface area contributed by atoms with Gasteiger partial charge in [-0.05, 0) is 51.0 Å². The average molecular weight is 290 g/mol. The molecule has 0 fully saturated rings. The Bertz CT molecular complexity index is 640. The van der Waals surface area contributed by atoms with Gasteiger partial charge in [-0.3, -0.25) is 4.79 Å². The zero-order valence-electron chi connectivity index (χ0n) is 11.9. The van der Waals surface area contributed by atoms with Crippen molar-refractivity contribution in [1.82, 2.24) is 9.97 Å². The van der Waals surface area contributed by atoms with E-state index in [4.69, 9.17) is 11.6 Å². The Morgan fingerprint density at radius 2 is 1.80 bits per heavy atom. The molecule has 0 saturated heterocycles. The molecular weight excluding hydrogens is 274 g/mol. The largest absolute Gasteiger partial charge is 0.319 e. The number of amides is 1. The van der Waals surface area contributed by atoms with Crippen LogP contribution in [-0.2, 0) is 0 Å². The standard InChI is InChI=1S/C15H16ClN3O/c1-8-5-9(2)14(12(16)6-8)19-15(20)13-7-10(3)17-11(4)18-13/h5-7H,1-4H3,(H,19,20). The molecule has 5 heteroatoms. The Hall–Kier alpha value is -1.94.